The zero-order valence-corrected chi connectivity index (χ0v) is 15.0. The molecular weight excluding hydrogens is 342 g/mol. The summed E-state index contributed by atoms with van der Waals surface area (Å²) >= 11 is 0. The van der Waals surface area contributed by atoms with Gasteiger partial charge in [-0.1, -0.05) is 42.5 Å². The number of ether oxygens (including phenoxy) is 1. The van der Waals surface area contributed by atoms with Crippen LogP contribution in [0.25, 0.3) is 11.1 Å². The summed E-state index contributed by atoms with van der Waals surface area (Å²) in [5, 5.41) is 10.1. The molecule has 0 radical (unpaired) electrons. The van der Waals surface area contributed by atoms with Crippen LogP contribution < -0.4 is 10.5 Å². The number of benzene rings is 2. The van der Waals surface area contributed by atoms with E-state index in [4.69, 9.17) is 10.5 Å². The summed E-state index contributed by atoms with van der Waals surface area (Å²) in [5.74, 6) is 0.236. The van der Waals surface area contributed by atoms with E-state index in [1.165, 1.54) is 18.1 Å². The fourth-order valence-corrected chi connectivity index (χ4v) is 2.81. The number of carbonyl (C=O) groups is 1. The van der Waals surface area contributed by atoms with Crippen molar-refractivity contribution in [2.75, 3.05) is 6.61 Å². The number of rotatable bonds is 9. The highest BCUT2D eigenvalue weighted by molar-refractivity contribution is 5.90. The van der Waals surface area contributed by atoms with Gasteiger partial charge in [-0.25, -0.2) is 4.98 Å². The molecule has 1 heterocycles. The first-order valence-corrected chi connectivity index (χ1v) is 8.90. The van der Waals surface area contributed by atoms with Gasteiger partial charge in [-0.05, 0) is 36.1 Å². The molecule has 0 unspecified atom stereocenters. The molecule has 0 spiro atoms. The molecule has 1 aromatic heterocycles. The second-order valence-electron chi connectivity index (χ2n) is 6.35. The summed E-state index contributed by atoms with van der Waals surface area (Å²) in [7, 11) is 0. The first-order chi connectivity index (χ1) is 13.1. The summed E-state index contributed by atoms with van der Waals surface area (Å²) in [6.45, 7) is 0.893. The molecule has 6 nitrogen and oxygen atoms in total. The molecule has 0 aliphatic rings. The fourth-order valence-electron chi connectivity index (χ4n) is 2.81. The third-order valence-electron chi connectivity index (χ3n) is 4.22. The molecule has 3 N–H and O–H groups in total. The van der Waals surface area contributed by atoms with Crippen molar-refractivity contribution in [2.45, 2.75) is 25.5 Å². The highest BCUT2D eigenvalue weighted by Crippen LogP contribution is 2.22. The first kappa shape index (κ1) is 18.7. The van der Waals surface area contributed by atoms with Gasteiger partial charge in [0.2, 0.25) is 0 Å². The van der Waals surface area contributed by atoms with E-state index in [9.17, 15) is 9.90 Å². The Hall–Kier alpha value is -3.12. The zero-order valence-electron chi connectivity index (χ0n) is 15.0. The largest absolute Gasteiger partial charge is 0.494 e. The monoisotopic (exact) mass is 365 g/mol. The van der Waals surface area contributed by atoms with E-state index in [-0.39, 0.29) is 5.69 Å². The molecule has 2 aromatic carbocycles. The standard InChI is InChI=1S/C21H23N3O3/c22-21(26)20-14-24(15-23-20)13-18(25)7-4-12-27-19-10-8-17(9-11-19)16-5-2-1-3-6-16/h1-3,5-6,8-11,14-15,18,25H,4,7,12-13H2,(H2,22,26)/t18-/m0/s1. The van der Waals surface area contributed by atoms with Crippen molar-refractivity contribution in [3.63, 3.8) is 0 Å². The van der Waals surface area contributed by atoms with Crippen molar-refractivity contribution in [1.29, 1.82) is 0 Å². The van der Waals surface area contributed by atoms with Crippen molar-refractivity contribution >= 4 is 5.91 Å². The number of hydrogen-bond donors (Lipinski definition) is 2. The van der Waals surface area contributed by atoms with Crippen LogP contribution in [0.1, 0.15) is 23.3 Å². The maximum Gasteiger partial charge on any atom is 0.268 e. The topological polar surface area (TPSA) is 90.4 Å². The molecule has 3 aromatic rings. The van der Waals surface area contributed by atoms with Gasteiger partial charge < -0.3 is 20.1 Å². The van der Waals surface area contributed by atoms with Gasteiger partial charge in [0.05, 0.1) is 19.0 Å². The third-order valence-corrected chi connectivity index (χ3v) is 4.22. The number of imidazole rings is 1. The molecule has 1 amide bonds. The van der Waals surface area contributed by atoms with Gasteiger partial charge in [0.25, 0.3) is 5.91 Å². The van der Waals surface area contributed by atoms with Crippen LogP contribution in [-0.4, -0.2) is 33.3 Å². The lowest BCUT2D eigenvalue weighted by Gasteiger charge is -2.12. The van der Waals surface area contributed by atoms with Crippen LogP contribution in [0.5, 0.6) is 5.75 Å². The van der Waals surface area contributed by atoms with E-state index in [2.05, 4.69) is 17.1 Å². The van der Waals surface area contributed by atoms with Crippen LogP contribution in [-0.2, 0) is 6.54 Å². The molecule has 0 saturated carbocycles. The van der Waals surface area contributed by atoms with Gasteiger partial charge in [0.15, 0.2) is 0 Å². The molecule has 140 valence electrons. The summed E-state index contributed by atoms with van der Waals surface area (Å²) in [4.78, 5) is 14.9. The summed E-state index contributed by atoms with van der Waals surface area (Å²) in [5.41, 5.74) is 7.68. The quantitative estimate of drug-likeness (QED) is 0.571. The van der Waals surface area contributed by atoms with Crippen molar-refractivity contribution < 1.29 is 14.6 Å². The maximum atomic E-state index is 11.0. The molecule has 3 rings (SSSR count). The summed E-state index contributed by atoms with van der Waals surface area (Å²) < 4.78 is 7.40. The number of carbonyl (C=O) groups excluding carboxylic acids is 1. The number of aromatic nitrogens is 2. The van der Waals surface area contributed by atoms with Gasteiger partial charge in [0, 0.05) is 12.7 Å². The van der Waals surface area contributed by atoms with Gasteiger partial charge >= 0.3 is 0 Å². The molecule has 0 aliphatic heterocycles. The fraction of sp³-hybridized carbons (Fsp3) is 0.238. The Bertz CT molecular complexity index is 860. The van der Waals surface area contributed by atoms with Gasteiger partial charge in [-0.3, -0.25) is 4.79 Å². The summed E-state index contributed by atoms with van der Waals surface area (Å²) in [6, 6.07) is 18.2. The number of nitrogens with zero attached hydrogens (tertiary/aromatic N) is 2. The second-order valence-corrected chi connectivity index (χ2v) is 6.35. The van der Waals surface area contributed by atoms with Gasteiger partial charge in [0.1, 0.15) is 11.4 Å². The number of hydrogen-bond acceptors (Lipinski definition) is 4. The van der Waals surface area contributed by atoms with E-state index < -0.39 is 12.0 Å². The Kier molecular flexibility index (Phi) is 6.22. The zero-order chi connectivity index (χ0) is 19.1. The predicted octanol–water partition coefficient (Wildman–Crippen LogP) is 2.87. The predicted molar refractivity (Wildman–Crippen MR) is 103 cm³/mol. The van der Waals surface area contributed by atoms with Crippen LogP contribution in [0, 0.1) is 0 Å². The molecule has 0 bridgehead atoms. The maximum absolute atomic E-state index is 11.0. The van der Waals surface area contributed by atoms with Crippen LogP contribution in [0.2, 0.25) is 0 Å². The Balaban J connectivity index is 1.40. The molecule has 6 heteroatoms. The number of aliphatic hydroxyl groups excluding tert-OH is 1. The number of amides is 1. The van der Waals surface area contributed by atoms with Crippen LogP contribution in [0.3, 0.4) is 0 Å². The Labute approximate surface area is 158 Å². The molecule has 0 aliphatic carbocycles. The highest BCUT2D eigenvalue weighted by Gasteiger charge is 2.09. The Morgan fingerprint density at radius 1 is 1.11 bits per heavy atom. The number of aliphatic hydroxyl groups is 1. The Morgan fingerprint density at radius 3 is 2.48 bits per heavy atom. The first-order valence-electron chi connectivity index (χ1n) is 8.90. The second kappa shape index (κ2) is 9.00. The minimum absolute atomic E-state index is 0.199. The molecular formula is C21H23N3O3. The van der Waals surface area contributed by atoms with Crippen LogP contribution >= 0.6 is 0 Å². The van der Waals surface area contributed by atoms with Crippen molar-refractivity contribution in [3.8, 4) is 16.9 Å². The van der Waals surface area contributed by atoms with E-state index >= 15 is 0 Å². The van der Waals surface area contributed by atoms with Crippen molar-refractivity contribution in [3.05, 3.63) is 72.8 Å². The van der Waals surface area contributed by atoms with E-state index in [0.717, 1.165) is 17.7 Å². The lowest BCUT2D eigenvalue weighted by atomic mass is 10.1. The molecule has 27 heavy (non-hydrogen) atoms. The average Bonchev–Trinajstić information content (AvgIpc) is 3.15. The SMILES string of the molecule is NC(=O)c1cn(C[C@@H](O)CCCOc2ccc(-c3ccccc3)cc2)cn1. The number of nitrogens with two attached hydrogens (primary N) is 1. The summed E-state index contributed by atoms with van der Waals surface area (Å²) in [6.07, 6.45) is 3.80. The lowest BCUT2D eigenvalue weighted by molar-refractivity contribution is 0.0995. The molecule has 0 fully saturated rings. The van der Waals surface area contributed by atoms with Crippen LogP contribution in [0.4, 0.5) is 0 Å². The normalized spacial score (nSPS) is 11.9. The van der Waals surface area contributed by atoms with Gasteiger partial charge in [-0.2, -0.15) is 0 Å². The smallest absolute Gasteiger partial charge is 0.268 e. The van der Waals surface area contributed by atoms with Gasteiger partial charge in [-0.15, -0.1) is 0 Å². The Morgan fingerprint density at radius 2 is 1.81 bits per heavy atom. The highest BCUT2D eigenvalue weighted by atomic mass is 16.5. The minimum Gasteiger partial charge on any atom is -0.494 e. The third kappa shape index (κ3) is 5.43. The van der Waals surface area contributed by atoms with Crippen molar-refractivity contribution in [2.24, 2.45) is 5.73 Å². The average molecular weight is 365 g/mol. The molecule has 0 saturated heterocycles. The van der Waals surface area contributed by atoms with E-state index in [1.807, 2.05) is 42.5 Å². The number of primary amides is 1. The van der Waals surface area contributed by atoms with Crippen molar-refractivity contribution in [1.82, 2.24) is 9.55 Å². The lowest BCUT2D eigenvalue weighted by Crippen LogP contribution is -2.16. The van der Waals surface area contributed by atoms with E-state index in [1.54, 1.807) is 4.57 Å². The van der Waals surface area contributed by atoms with Crippen LogP contribution in [0.15, 0.2) is 67.1 Å². The minimum atomic E-state index is -0.574. The molecule has 1 atom stereocenters. The van der Waals surface area contributed by atoms with E-state index in [0.29, 0.717) is 19.6 Å².